The Labute approximate surface area is 500 Å². The molecule has 0 spiro atoms. The van der Waals surface area contributed by atoms with E-state index in [0.29, 0.717) is 108 Å². The van der Waals surface area contributed by atoms with Crippen molar-refractivity contribution in [3.8, 4) is 0 Å². The molecule has 3 aromatic heterocycles. The molecule has 0 aliphatic carbocycles. The van der Waals surface area contributed by atoms with Gasteiger partial charge >= 0.3 is 29.8 Å². The van der Waals surface area contributed by atoms with Crippen molar-refractivity contribution in [2.24, 2.45) is 0 Å². The number of esters is 5. The number of aryl methyl sites for hydroxylation is 4. The molecule has 19 nitrogen and oxygen atoms in total. The fraction of sp³-hybridized carbons (Fsp3) is 0.646. The Bertz CT molecular complexity index is 2260. The number of hydrogen-bond acceptors (Lipinski definition) is 19. The summed E-state index contributed by atoms with van der Waals surface area (Å²) >= 11 is 0. The number of allylic oxidation sites excluding steroid dienone is 1. The van der Waals surface area contributed by atoms with Gasteiger partial charge in [-0.1, -0.05) is 51.9 Å². The predicted molar refractivity (Wildman–Crippen MR) is 320 cm³/mol. The van der Waals surface area contributed by atoms with Crippen LogP contribution in [0.2, 0.25) is 0 Å². The van der Waals surface area contributed by atoms with Gasteiger partial charge in [-0.15, -0.1) is 0 Å². The molecule has 476 valence electrons. The van der Waals surface area contributed by atoms with E-state index in [1.54, 1.807) is 58.9 Å². The molecule has 0 radical (unpaired) electrons. The lowest BCUT2D eigenvalue weighted by Crippen LogP contribution is -2.15. The normalized spacial score (nSPS) is 13.2. The Morgan fingerprint density at radius 1 is 0.536 bits per heavy atom. The number of unbranched alkanes of at least 4 members (excludes halogenated alkanes) is 7. The van der Waals surface area contributed by atoms with Gasteiger partial charge in [0.15, 0.2) is 17.8 Å². The monoisotopic (exact) mass is 1190 g/mol. The third kappa shape index (κ3) is 50.1. The van der Waals surface area contributed by atoms with E-state index in [9.17, 15) is 48.3 Å². The van der Waals surface area contributed by atoms with Crippen molar-refractivity contribution in [1.29, 1.82) is 0 Å². The molecule has 3 aromatic rings. The Hall–Kier alpha value is -6.47. The van der Waals surface area contributed by atoms with E-state index < -0.39 is 6.10 Å². The van der Waals surface area contributed by atoms with Crippen LogP contribution in [0, 0.1) is 20.8 Å². The standard InChI is InChI=1S/C13H24O4.C13H18O4.C13H16O4.C13H26O2.C7H12O3.C6H6O2/c3*1-3-16-13(15)9-6-11(14)5-8-12-7-4-10(2)17-12;1-3-5-6-7-8-9-10-11-12-13(14)15-4-2;1-3-10-7(9)5-4-6(2)8;1-5-2-3-6(4-7)8-5/h10-12,14H,3-9H2,1-2H3;4,7H,3,5-6,8-9H2,1-2H3;4-5,7-8H,3,6,9H2,1-2H3;3-12H2,1-2H3;3-5H2,1-2H3;2-4H,1H3/b;;8-5+;;;. The van der Waals surface area contributed by atoms with Gasteiger partial charge in [0.25, 0.3) is 0 Å². The number of carbonyl (C=O) groups excluding carboxylic acids is 9. The van der Waals surface area contributed by atoms with Crippen LogP contribution in [0.4, 0.5) is 0 Å². The van der Waals surface area contributed by atoms with Gasteiger partial charge in [0.05, 0.1) is 70.6 Å². The second kappa shape index (κ2) is 53.3. The van der Waals surface area contributed by atoms with Crippen LogP contribution >= 0.6 is 0 Å². The van der Waals surface area contributed by atoms with Crippen molar-refractivity contribution in [3.63, 3.8) is 0 Å². The van der Waals surface area contributed by atoms with Gasteiger partial charge in [-0.2, -0.15) is 0 Å². The number of carbonyl (C=O) groups is 9. The van der Waals surface area contributed by atoms with Crippen molar-refractivity contribution in [2.45, 2.75) is 242 Å². The number of furan rings is 3. The molecule has 0 amide bonds. The molecular formula is C65H102O19. The predicted octanol–water partition coefficient (Wildman–Crippen LogP) is 13.4. The molecule has 1 N–H and O–H groups in total. The van der Waals surface area contributed by atoms with Gasteiger partial charge in [-0.05, 0) is 156 Å². The minimum Gasteiger partial charge on any atom is -0.466 e. The largest absolute Gasteiger partial charge is 0.466 e. The van der Waals surface area contributed by atoms with Gasteiger partial charge in [0.1, 0.15) is 40.4 Å². The summed E-state index contributed by atoms with van der Waals surface area (Å²) in [6, 6.07) is 10.7. The van der Waals surface area contributed by atoms with Crippen LogP contribution in [-0.2, 0) is 73.2 Å². The smallest absolute Gasteiger partial charge is 0.306 e. The number of ether oxygens (including phenoxy) is 6. The molecule has 1 fully saturated rings. The average Bonchev–Trinajstić information content (AvgIpc) is 4.32. The first-order chi connectivity index (χ1) is 40.1. The van der Waals surface area contributed by atoms with Crippen LogP contribution in [0.3, 0.4) is 0 Å². The number of aliphatic hydroxyl groups excluding tert-OH is 1. The van der Waals surface area contributed by atoms with Crippen LogP contribution in [0.1, 0.15) is 236 Å². The first-order valence-corrected chi connectivity index (χ1v) is 30.1. The fourth-order valence-electron chi connectivity index (χ4n) is 7.54. The van der Waals surface area contributed by atoms with E-state index in [0.717, 1.165) is 48.7 Å². The lowest BCUT2D eigenvalue weighted by atomic mass is 10.0. The summed E-state index contributed by atoms with van der Waals surface area (Å²) in [4.78, 5) is 97.8. The number of aldehydes is 1. The van der Waals surface area contributed by atoms with Crippen LogP contribution in [-0.4, -0.2) is 110 Å². The molecule has 19 heteroatoms. The summed E-state index contributed by atoms with van der Waals surface area (Å²) < 4.78 is 44.9. The molecule has 0 saturated carbocycles. The Morgan fingerprint density at radius 2 is 1.00 bits per heavy atom. The molecule has 4 heterocycles. The lowest BCUT2D eigenvalue weighted by molar-refractivity contribution is -0.144. The summed E-state index contributed by atoms with van der Waals surface area (Å²) in [7, 11) is 0. The zero-order valence-electron chi connectivity index (χ0n) is 52.5. The van der Waals surface area contributed by atoms with Gasteiger partial charge < -0.3 is 51.6 Å². The molecular weight excluding hydrogens is 1080 g/mol. The highest BCUT2D eigenvalue weighted by molar-refractivity contribution is 5.95. The molecule has 84 heavy (non-hydrogen) atoms. The first-order valence-electron chi connectivity index (χ1n) is 30.1. The highest BCUT2D eigenvalue weighted by Gasteiger charge is 2.22. The lowest BCUT2D eigenvalue weighted by Gasteiger charge is -2.14. The molecule has 1 saturated heterocycles. The second-order valence-electron chi connectivity index (χ2n) is 19.7. The summed E-state index contributed by atoms with van der Waals surface area (Å²) in [6.45, 7) is 22.1. The van der Waals surface area contributed by atoms with Gasteiger partial charge in [0, 0.05) is 44.9 Å². The van der Waals surface area contributed by atoms with Crippen molar-refractivity contribution < 1.29 is 89.9 Å². The summed E-state index contributed by atoms with van der Waals surface area (Å²) in [5.41, 5.74) is 0. The van der Waals surface area contributed by atoms with E-state index in [-0.39, 0.29) is 79.3 Å². The molecule has 3 atom stereocenters. The van der Waals surface area contributed by atoms with E-state index in [1.807, 2.05) is 39.0 Å². The molecule has 3 unspecified atom stereocenters. The molecule has 1 aliphatic heterocycles. The van der Waals surface area contributed by atoms with Crippen LogP contribution in [0.5, 0.6) is 0 Å². The summed E-state index contributed by atoms with van der Waals surface area (Å²) in [6.07, 6.45) is 21.5. The topological polar surface area (TPSA) is 269 Å². The number of aliphatic hydroxyl groups is 1. The molecule has 4 rings (SSSR count). The molecule has 0 bridgehead atoms. The Balaban J connectivity index is 0. The van der Waals surface area contributed by atoms with Gasteiger partial charge in [-0.3, -0.25) is 38.4 Å². The van der Waals surface area contributed by atoms with E-state index in [4.69, 9.17) is 36.9 Å². The zero-order chi connectivity index (χ0) is 63.3. The van der Waals surface area contributed by atoms with Gasteiger partial charge in [0.2, 0.25) is 0 Å². The summed E-state index contributed by atoms with van der Waals surface area (Å²) in [5.74, 6) is 3.00. The first kappa shape index (κ1) is 79.6. The summed E-state index contributed by atoms with van der Waals surface area (Å²) in [5, 5.41) is 9.73. The average molecular weight is 1190 g/mol. The maximum Gasteiger partial charge on any atom is 0.306 e. The highest BCUT2D eigenvalue weighted by atomic mass is 16.5. The maximum atomic E-state index is 11.5. The highest BCUT2D eigenvalue weighted by Crippen LogP contribution is 2.24. The van der Waals surface area contributed by atoms with Crippen LogP contribution in [0.25, 0.3) is 6.08 Å². The Morgan fingerprint density at radius 3 is 1.44 bits per heavy atom. The zero-order valence-corrected chi connectivity index (χ0v) is 52.5. The van der Waals surface area contributed by atoms with Crippen molar-refractivity contribution >= 4 is 59.6 Å². The van der Waals surface area contributed by atoms with Crippen LogP contribution in [0.15, 0.2) is 55.7 Å². The number of Topliss-reactive ketones (excluding diaryl/α,β-unsaturated/α-hetero) is 2. The van der Waals surface area contributed by atoms with E-state index >= 15 is 0 Å². The number of ketones is 3. The Kier molecular flexibility index (Phi) is 50.5. The minimum absolute atomic E-state index is 0.0213. The maximum absolute atomic E-state index is 11.5. The van der Waals surface area contributed by atoms with Crippen molar-refractivity contribution in [3.05, 3.63) is 77.0 Å². The fourth-order valence-corrected chi connectivity index (χ4v) is 7.54. The quantitative estimate of drug-likeness (QED) is 0.0188. The molecule has 0 aromatic carbocycles. The van der Waals surface area contributed by atoms with E-state index in [2.05, 4.69) is 18.6 Å². The number of hydrogen-bond donors (Lipinski definition) is 1. The second-order valence-corrected chi connectivity index (χ2v) is 19.7. The van der Waals surface area contributed by atoms with Crippen LogP contribution < -0.4 is 0 Å². The number of rotatable bonds is 35. The minimum atomic E-state index is -0.418. The van der Waals surface area contributed by atoms with Crippen molar-refractivity contribution in [1.82, 2.24) is 0 Å². The van der Waals surface area contributed by atoms with Gasteiger partial charge in [-0.25, -0.2) is 0 Å². The van der Waals surface area contributed by atoms with E-state index in [1.165, 1.54) is 57.9 Å². The third-order valence-electron chi connectivity index (χ3n) is 12.0. The third-order valence-corrected chi connectivity index (χ3v) is 12.0. The van der Waals surface area contributed by atoms with Crippen molar-refractivity contribution in [2.75, 3.05) is 33.0 Å². The SMILES string of the molecule is CCCCCCCCCCC(=O)OCC.CCOC(=O)CCC(=O)/C=C/c1ccc(C)o1.CCOC(=O)CCC(=O)CCc1ccc(C)o1.CCOC(=O)CCC(C)=O.CCOC(=O)CCC(O)CCC1CCC(C)O1.Cc1ccc(C=O)o1. The molecule has 1 aliphatic rings.